The van der Waals surface area contributed by atoms with Crippen molar-refractivity contribution in [3.8, 4) is 0 Å². The molecule has 9 heteroatoms. The quantitative estimate of drug-likeness (QED) is 0.614. The Balaban J connectivity index is 4.91. The van der Waals surface area contributed by atoms with Gasteiger partial charge in [-0.15, -0.1) is 0 Å². The Kier molecular flexibility index (Phi) is 4.67. The van der Waals surface area contributed by atoms with Crippen LogP contribution in [0.2, 0.25) is 0 Å². The zero-order valence-corrected chi connectivity index (χ0v) is 10.0. The van der Waals surface area contributed by atoms with Crippen molar-refractivity contribution in [3.05, 3.63) is 0 Å². The Morgan fingerprint density at radius 2 is 1.40 bits per heavy atom. The Labute approximate surface area is 88.9 Å². The van der Waals surface area contributed by atoms with Crippen molar-refractivity contribution in [3.63, 3.8) is 0 Å². The summed E-state index contributed by atoms with van der Waals surface area (Å²) in [4.78, 5) is 0. The molecule has 2 N–H and O–H groups in total. The van der Waals surface area contributed by atoms with Gasteiger partial charge in [0.25, 0.3) is 20.2 Å². The lowest BCUT2D eigenvalue weighted by atomic mass is 9.98. The third-order valence-corrected chi connectivity index (χ3v) is 3.68. The van der Waals surface area contributed by atoms with Crippen molar-refractivity contribution >= 4 is 20.2 Å². The third kappa shape index (κ3) is 7.68. The molecular weight excluding hydrogens is 248 g/mol. The van der Waals surface area contributed by atoms with E-state index < -0.39 is 37.2 Å². The molecule has 0 fully saturated rings. The maximum atomic E-state index is 10.6. The molecule has 0 heterocycles. The van der Waals surface area contributed by atoms with Crippen molar-refractivity contribution in [2.45, 2.75) is 6.92 Å². The Morgan fingerprint density at radius 1 is 1.07 bits per heavy atom. The van der Waals surface area contributed by atoms with Gasteiger partial charge in [0.1, 0.15) is 0 Å². The first-order valence-corrected chi connectivity index (χ1v) is 7.09. The molecule has 0 aromatic heterocycles. The van der Waals surface area contributed by atoms with Crippen LogP contribution in [-0.2, 0) is 25.0 Å². The first kappa shape index (κ1) is 14.8. The van der Waals surface area contributed by atoms with Crippen LogP contribution in [0.1, 0.15) is 6.92 Å². The van der Waals surface area contributed by atoms with Crippen molar-refractivity contribution in [1.82, 2.24) is 0 Å². The lowest BCUT2D eigenvalue weighted by Crippen LogP contribution is -2.38. The third-order valence-electron chi connectivity index (χ3n) is 1.55. The molecule has 0 aromatic rings. The molecular formula is C6H14O7S2. The summed E-state index contributed by atoms with van der Waals surface area (Å²) in [6, 6.07) is 0. The molecule has 0 bridgehead atoms. The van der Waals surface area contributed by atoms with Crippen LogP contribution >= 0.6 is 0 Å². The molecule has 0 amide bonds. The summed E-state index contributed by atoms with van der Waals surface area (Å²) >= 11 is 0. The molecule has 0 aliphatic carbocycles. The first-order valence-electron chi connectivity index (χ1n) is 3.87. The van der Waals surface area contributed by atoms with Crippen LogP contribution in [0.15, 0.2) is 0 Å². The standard InChI is InChI=1S/C6H14O7S2/c1-6(3-13-2,4-14(7,8)9)5-15(10,11)12/h3-5H2,1-2H3,(H,7,8,9)(H,10,11,12). The van der Waals surface area contributed by atoms with Crippen LogP contribution in [0.25, 0.3) is 0 Å². The van der Waals surface area contributed by atoms with E-state index in [2.05, 4.69) is 4.74 Å². The van der Waals surface area contributed by atoms with Crippen LogP contribution < -0.4 is 0 Å². The number of hydrogen-bond donors (Lipinski definition) is 2. The van der Waals surface area contributed by atoms with Crippen molar-refractivity contribution in [2.24, 2.45) is 5.41 Å². The van der Waals surface area contributed by atoms with E-state index in [-0.39, 0.29) is 6.61 Å². The van der Waals surface area contributed by atoms with E-state index in [1.807, 2.05) is 0 Å². The van der Waals surface area contributed by atoms with E-state index in [1.54, 1.807) is 0 Å². The van der Waals surface area contributed by atoms with Crippen molar-refractivity contribution in [1.29, 1.82) is 0 Å². The van der Waals surface area contributed by atoms with E-state index in [9.17, 15) is 16.8 Å². The van der Waals surface area contributed by atoms with Gasteiger partial charge in [-0.25, -0.2) is 0 Å². The van der Waals surface area contributed by atoms with Gasteiger partial charge in [0, 0.05) is 12.5 Å². The average Bonchev–Trinajstić information content (AvgIpc) is 1.74. The fraction of sp³-hybridized carbons (Fsp3) is 1.00. The highest BCUT2D eigenvalue weighted by molar-refractivity contribution is 7.86. The minimum Gasteiger partial charge on any atom is -0.384 e. The first-order chi connectivity index (χ1) is 6.47. The van der Waals surface area contributed by atoms with Gasteiger partial charge in [-0.3, -0.25) is 9.11 Å². The second-order valence-electron chi connectivity index (χ2n) is 3.70. The minimum absolute atomic E-state index is 0.216. The molecule has 0 unspecified atom stereocenters. The molecule has 0 spiro atoms. The van der Waals surface area contributed by atoms with Crippen LogP contribution in [0, 0.1) is 5.41 Å². The van der Waals surface area contributed by atoms with E-state index in [4.69, 9.17) is 9.11 Å². The zero-order valence-electron chi connectivity index (χ0n) is 8.37. The summed E-state index contributed by atoms with van der Waals surface area (Å²) in [6.45, 7) is 1.06. The predicted octanol–water partition coefficient (Wildman–Crippen LogP) is -0.585. The summed E-state index contributed by atoms with van der Waals surface area (Å²) in [5.74, 6) is -1.60. The summed E-state index contributed by atoms with van der Waals surface area (Å²) in [7, 11) is -7.41. The highest BCUT2D eigenvalue weighted by Gasteiger charge is 2.34. The largest absolute Gasteiger partial charge is 0.384 e. The fourth-order valence-electron chi connectivity index (χ4n) is 1.35. The highest BCUT2D eigenvalue weighted by Crippen LogP contribution is 2.21. The van der Waals surface area contributed by atoms with Gasteiger partial charge in [-0.1, -0.05) is 6.92 Å². The maximum absolute atomic E-state index is 10.6. The van der Waals surface area contributed by atoms with Gasteiger partial charge in [-0.05, 0) is 0 Å². The SMILES string of the molecule is COCC(C)(CS(=O)(=O)O)CS(=O)(=O)O. The van der Waals surface area contributed by atoms with Gasteiger partial charge in [0.2, 0.25) is 0 Å². The Bertz CT molecular complexity index is 359. The lowest BCUT2D eigenvalue weighted by Gasteiger charge is -2.25. The van der Waals surface area contributed by atoms with Gasteiger partial charge < -0.3 is 4.74 Å². The fourth-order valence-corrected chi connectivity index (χ4v) is 3.62. The number of rotatable bonds is 6. The molecule has 0 saturated heterocycles. The van der Waals surface area contributed by atoms with Crippen LogP contribution in [0.3, 0.4) is 0 Å². The molecule has 0 saturated carbocycles. The van der Waals surface area contributed by atoms with Crippen molar-refractivity contribution in [2.75, 3.05) is 25.2 Å². The predicted molar refractivity (Wildman–Crippen MR) is 52.8 cm³/mol. The smallest absolute Gasteiger partial charge is 0.265 e. The number of ether oxygens (including phenoxy) is 1. The normalized spacial score (nSPS) is 14.1. The van der Waals surface area contributed by atoms with E-state index in [1.165, 1.54) is 14.0 Å². The monoisotopic (exact) mass is 262 g/mol. The summed E-state index contributed by atoms with van der Waals surface area (Å²) in [5.41, 5.74) is -1.38. The summed E-state index contributed by atoms with van der Waals surface area (Å²) in [6.07, 6.45) is 0. The summed E-state index contributed by atoms with van der Waals surface area (Å²) < 4.78 is 64.4. The van der Waals surface area contributed by atoms with Gasteiger partial charge in [-0.2, -0.15) is 16.8 Å². The second kappa shape index (κ2) is 4.74. The van der Waals surface area contributed by atoms with Crippen molar-refractivity contribution < 1.29 is 30.7 Å². The minimum atomic E-state index is -4.33. The number of methoxy groups -OCH3 is 1. The Morgan fingerprint density at radius 3 is 1.60 bits per heavy atom. The average molecular weight is 262 g/mol. The maximum Gasteiger partial charge on any atom is 0.265 e. The molecule has 0 aliphatic heterocycles. The second-order valence-corrected chi connectivity index (χ2v) is 6.60. The van der Waals surface area contributed by atoms with E-state index in [0.717, 1.165) is 0 Å². The van der Waals surface area contributed by atoms with E-state index in [0.29, 0.717) is 0 Å². The topological polar surface area (TPSA) is 118 Å². The van der Waals surface area contributed by atoms with Crippen LogP contribution in [-0.4, -0.2) is 51.2 Å². The molecule has 0 aliphatic rings. The van der Waals surface area contributed by atoms with Crippen LogP contribution in [0.5, 0.6) is 0 Å². The molecule has 0 aromatic carbocycles. The van der Waals surface area contributed by atoms with Gasteiger partial charge >= 0.3 is 0 Å². The molecule has 0 radical (unpaired) electrons. The van der Waals surface area contributed by atoms with Crippen LogP contribution in [0.4, 0.5) is 0 Å². The molecule has 0 rings (SSSR count). The Hall–Kier alpha value is -0.220. The van der Waals surface area contributed by atoms with Gasteiger partial charge in [0.15, 0.2) is 0 Å². The molecule has 0 atom stereocenters. The van der Waals surface area contributed by atoms with E-state index >= 15 is 0 Å². The molecule has 15 heavy (non-hydrogen) atoms. The molecule has 7 nitrogen and oxygen atoms in total. The summed E-state index contributed by atoms with van der Waals surface area (Å²) in [5, 5.41) is 0. The highest BCUT2D eigenvalue weighted by atomic mass is 32.2. The lowest BCUT2D eigenvalue weighted by molar-refractivity contribution is 0.118. The molecule has 92 valence electrons. The number of hydrogen-bond acceptors (Lipinski definition) is 5. The zero-order chi connectivity index (χ0) is 12.3. The van der Waals surface area contributed by atoms with Gasteiger partial charge in [0.05, 0.1) is 18.1 Å².